The highest BCUT2D eigenvalue weighted by Gasteiger charge is 2.09. The molecule has 17 heavy (non-hydrogen) atoms. The molecule has 0 bridgehead atoms. The fourth-order valence-electron chi connectivity index (χ4n) is 1.45. The van der Waals surface area contributed by atoms with Crippen molar-refractivity contribution in [1.29, 1.82) is 0 Å². The van der Waals surface area contributed by atoms with Gasteiger partial charge in [-0.3, -0.25) is 9.48 Å². The van der Waals surface area contributed by atoms with E-state index in [1.165, 1.54) is 0 Å². The minimum atomic E-state index is 0.0283. The van der Waals surface area contributed by atoms with Crippen LogP contribution in [0.1, 0.15) is 16.1 Å². The van der Waals surface area contributed by atoms with E-state index in [0.717, 1.165) is 9.26 Å². The Morgan fingerprint density at radius 2 is 2.06 bits per heavy atom. The number of hydrogen-bond acceptors (Lipinski definition) is 2. The molecule has 0 atom stereocenters. The predicted molar refractivity (Wildman–Crippen MR) is 75.5 cm³/mol. The number of carbonyl (C=O) groups is 1. The smallest absolute Gasteiger partial charge is 0.184 e. The molecular weight excluding hydrogens is 351 g/mol. The molecule has 0 saturated carbocycles. The first-order valence-corrected chi connectivity index (χ1v) is 6.50. The van der Waals surface area contributed by atoms with Gasteiger partial charge in [0.2, 0.25) is 0 Å². The van der Waals surface area contributed by atoms with E-state index < -0.39 is 0 Å². The maximum absolute atomic E-state index is 11.9. The highest BCUT2D eigenvalue weighted by atomic mass is 127. The normalized spacial score (nSPS) is 10.5. The SMILES string of the molecule is Cc1nn(CC(=O)c2ccc(I)cc2)cc1Cl. The zero-order chi connectivity index (χ0) is 12.4. The number of aromatic nitrogens is 2. The van der Waals surface area contributed by atoms with Crippen LogP contribution in [0, 0.1) is 10.5 Å². The van der Waals surface area contributed by atoms with Crippen molar-refractivity contribution >= 4 is 40.0 Å². The molecule has 0 unspecified atom stereocenters. The van der Waals surface area contributed by atoms with Crippen molar-refractivity contribution in [3.05, 3.63) is 50.3 Å². The number of rotatable bonds is 3. The van der Waals surface area contributed by atoms with Crippen LogP contribution >= 0.6 is 34.2 Å². The number of halogens is 2. The Morgan fingerprint density at radius 1 is 1.41 bits per heavy atom. The Bertz CT molecular complexity index is 529. The van der Waals surface area contributed by atoms with Crippen molar-refractivity contribution in [2.75, 3.05) is 0 Å². The van der Waals surface area contributed by atoms with E-state index in [2.05, 4.69) is 27.7 Å². The summed E-state index contributed by atoms with van der Waals surface area (Å²) in [6, 6.07) is 7.47. The summed E-state index contributed by atoms with van der Waals surface area (Å²) in [6.45, 7) is 2.03. The quantitative estimate of drug-likeness (QED) is 0.622. The number of ketones is 1. The van der Waals surface area contributed by atoms with Crippen LogP contribution in [0.3, 0.4) is 0 Å². The Kier molecular flexibility index (Phi) is 3.83. The van der Waals surface area contributed by atoms with E-state index in [1.807, 2.05) is 31.2 Å². The van der Waals surface area contributed by atoms with Gasteiger partial charge in [0.05, 0.1) is 10.7 Å². The summed E-state index contributed by atoms with van der Waals surface area (Å²) < 4.78 is 2.68. The Balaban J connectivity index is 2.14. The van der Waals surface area contributed by atoms with E-state index in [9.17, 15) is 4.79 Å². The standard InChI is InChI=1S/C12H10ClIN2O/c1-8-11(13)6-16(15-8)7-12(17)9-2-4-10(14)5-3-9/h2-6H,7H2,1H3. The van der Waals surface area contributed by atoms with Crippen molar-refractivity contribution in [3.8, 4) is 0 Å². The van der Waals surface area contributed by atoms with Crippen LogP contribution in [0.25, 0.3) is 0 Å². The predicted octanol–water partition coefficient (Wildman–Crippen LogP) is 3.33. The van der Waals surface area contributed by atoms with Gasteiger partial charge in [-0.1, -0.05) is 23.7 Å². The molecule has 0 aliphatic carbocycles. The van der Waals surface area contributed by atoms with Gasteiger partial charge in [-0.15, -0.1) is 0 Å². The molecule has 0 spiro atoms. The van der Waals surface area contributed by atoms with E-state index in [1.54, 1.807) is 10.9 Å². The molecule has 0 aliphatic rings. The average molecular weight is 361 g/mol. The van der Waals surface area contributed by atoms with Gasteiger partial charge in [0.25, 0.3) is 0 Å². The maximum atomic E-state index is 11.9. The number of aryl methyl sites for hydroxylation is 1. The summed E-state index contributed by atoms with van der Waals surface area (Å²) >= 11 is 8.09. The Morgan fingerprint density at radius 3 is 2.59 bits per heavy atom. The van der Waals surface area contributed by atoms with Gasteiger partial charge in [-0.25, -0.2) is 0 Å². The topological polar surface area (TPSA) is 34.9 Å². The first-order valence-electron chi connectivity index (χ1n) is 5.04. The van der Waals surface area contributed by atoms with E-state index in [-0.39, 0.29) is 12.3 Å². The fourth-order valence-corrected chi connectivity index (χ4v) is 1.96. The summed E-state index contributed by atoms with van der Waals surface area (Å²) in [6.07, 6.45) is 1.67. The third kappa shape index (κ3) is 3.07. The lowest BCUT2D eigenvalue weighted by atomic mass is 10.1. The van der Waals surface area contributed by atoms with Gasteiger partial charge in [-0.2, -0.15) is 5.10 Å². The molecule has 0 radical (unpaired) electrons. The fraction of sp³-hybridized carbons (Fsp3) is 0.167. The van der Waals surface area contributed by atoms with Gasteiger partial charge in [-0.05, 0) is 41.6 Å². The van der Waals surface area contributed by atoms with Crippen LogP contribution < -0.4 is 0 Å². The number of benzene rings is 1. The van der Waals surface area contributed by atoms with E-state index in [4.69, 9.17) is 11.6 Å². The second-order valence-electron chi connectivity index (χ2n) is 3.69. The maximum Gasteiger partial charge on any atom is 0.184 e. The zero-order valence-electron chi connectivity index (χ0n) is 9.15. The molecule has 3 nitrogen and oxygen atoms in total. The van der Waals surface area contributed by atoms with Crippen LogP contribution in [-0.2, 0) is 6.54 Å². The lowest BCUT2D eigenvalue weighted by Gasteiger charge is -2.01. The van der Waals surface area contributed by atoms with Gasteiger partial charge >= 0.3 is 0 Å². The van der Waals surface area contributed by atoms with Crippen LogP contribution in [0.2, 0.25) is 5.02 Å². The highest BCUT2D eigenvalue weighted by molar-refractivity contribution is 14.1. The summed E-state index contributed by atoms with van der Waals surface area (Å²) in [4.78, 5) is 11.9. The van der Waals surface area contributed by atoms with Crippen molar-refractivity contribution in [2.24, 2.45) is 0 Å². The molecule has 2 aromatic rings. The van der Waals surface area contributed by atoms with Gasteiger partial charge in [0.1, 0.15) is 6.54 Å². The van der Waals surface area contributed by atoms with Gasteiger partial charge in [0, 0.05) is 15.3 Å². The Hall–Kier alpha value is -0.880. The van der Waals surface area contributed by atoms with Crippen molar-refractivity contribution in [1.82, 2.24) is 9.78 Å². The summed E-state index contributed by atoms with van der Waals surface area (Å²) in [5.41, 5.74) is 1.43. The molecule has 88 valence electrons. The van der Waals surface area contributed by atoms with Crippen LogP contribution in [-0.4, -0.2) is 15.6 Å². The first-order chi connectivity index (χ1) is 8.06. The third-order valence-corrected chi connectivity index (χ3v) is 3.45. The van der Waals surface area contributed by atoms with Gasteiger partial charge < -0.3 is 0 Å². The molecule has 1 aromatic carbocycles. The van der Waals surface area contributed by atoms with E-state index in [0.29, 0.717) is 10.6 Å². The number of carbonyl (C=O) groups excluding carboxylic acids is 1. The number of hydrogen-bond donors (Lipinski definition) is 0. The second kappa shape index (κ2) is 5.18. The lowest BCUT2D eigenvalue weighted by molar-refractivity contribution is 0.0967. The van der Waals surface area contributed by atoms with Crippen molar-refractivity contribution in [3.63, 3.8) is 0 Å². The molecule has 0 saturated heterocycles. The van der Waals surface area contributed by atoms with E-state index >= 15 is 0 Å². The largest absolute Gasteiger partial charge is 0.292 e. The minimum Gasteiger partial charge on any atom is -0.292 e. The summed E-state index contributed by atoms with van der Waals surface area (Å²) in [5.74, 6) is 0.0283. The molecule has 2 rings (SSSR count). The van der Waals surface area contributed by atoms with Crippen molar-refractivity contribution in [2.45, 2.75) is 13.5 Å². The number of nitrogens with zero attached hydrogens (tertiary/aromatic N) is 2. The van der Waals surface area contributed by atoms with Crippen LogP contribution in [0.5, 0.6) is 0 Å². The van der Waals surface area contributed by atoms with Crippen LogP contribution in [0.15, 0.2) is 30.5 Å². The average Bonchev–Trinajstić information content (AvgIpc) is 2.58. The highest BCUT2D eigenvalue weighted by Crippen LogP contribution is 2.13. The minimum absolute atomic E-state index is 0.0283. The third-order valence-electron chi connectivity index (χ3n) is 2.36. The Labute approximate surface area is 118 Å². The van der Waals surface area contributed by atoms with Gasteiger partial charge in [0.15, 0.2) is 5.78 Å². The zero-order valence-corrected chi connectivity index (χ0v) is 12.1. The molecule has 0 aliphatic heterocycles. The lowest BCUT2D eigenvalue weighted by Crippen LogP contribution is -2.10. The molecule has 0 N–H and O–H groups in total. The summed E-state index contributed by atoms with van der Waals surface area (Å²) in [7, 11) is 0. The molecule has 1 aromatic heterocycles. The molecular formula is C12H10ClIN2O. The van der Waals surface area contributed by atoms with Crippen LogP contribution in [0.4, 0.5) is 0 Å². The molecule has 0 amide bonds. The molecule has 5 heteroatoms. The monoisotopic (exact) mass is 360 g/mol. The first kappa shape index (κ1) is 12.6. The van der Waals surface area contributed by atoms with Crippen molar-refractivity contribution < 1.29 is 4.79 Å². The second-order valence-corrected chi connectivity index (χ2v) is 5.34. The molecule has 0 fully saturated rings. The number of Topliss-reactive ketones (excluding diaryl/α,β-unsaturated/α-hetero) is 1. The summed E-state index contributed by atoms with van der Waals surface area (Å²) in [5, 5.41) is 4.74. The molecule has 1 heterocycles.